The number of hydrogen-bond acceptors (Lipinski definition) is 2. The molecule has 0 aromatic heterocycles. The number of hydrogen-bond donors (Lipinski definition) is 2. The number of benzene rings is 1. The van der Waals surface area contributed by atoms with Crippen LogP contribution in [0.5, 0.6) is 0 Å². The minimum Gasteiger partial charge on any atom is -0.382 e. The Morgan fingerprint density at radius 2 is 2.06 bits per heavy atom. The summed E-state index contributed by atoms with van der Waals surface area (Å²) in [4.78, 5) is 0. The van der Waals surface area contributed by atoms with Crippen molar-refractivity contribution in [3.63, 3.8) is 0 Å². The molecule has 18 heavy (non-hydrogen) atoms. The van der Waals surface area contributed by atoms with Crippen molar-refractivity contribution in [1.82, 2.24) is 0 Å². The van der Waals surface area contributed by atoms with Crippen LogP contribution in [0.1, 0.15) is 51.0 Å². The van der Waals surface area contributed by atoms with Crippen LogP contribution < -0.4 is 11.1 Å². The van der Waals surface area contributed by atoms with Crippen LogP contribution in [-0.4, -0.2) is 12.6 Å². The van der Waals surface area contributed by atoms with Gasteiger partial charge in [-0.05, 0) is 48.9 Å². The van der Waals surface area contributed by atoms with Crippen molar-refractivity contribution < 1.29 is 0 Å². The Labute approximate surface area is 111 Å². The van der Waals surface area contributed by atoms with Gasteiger partial charge in [-0.25, -0.2) is 0 Å². The third-order valence-electron chi connectivity index (χ3n) is 4.12. The lowest BCUT2D eigenvalue weighted by Crippen LogP contribution is -2.36. The molecule has 2 heteroatoms. The van der Waals surface area contributed by atoms with Gasteiger partial charge in [0, 0.05) is 11.7 Å². The molecule has 2 rings (SSSR count). The largest absolute Gasteiger partial charge is 0.382 e. The first-order valence-electron chi connectivity index (χ1n) is 7.27. The lowest BCUT2D eigenvalue weighted by atomic mass is 9.84. The lowest BCUT2D eigenvalue weighted by molar-refractivity contribution is 0.332. The van der Waals surface area contributed by atoms with E-state index in [1.54, 1.807) is 0 Å². The monoisotopic (exact) mass is 246 g/mol. The van der Waals surface area contributed by atoms with E-state index in [9.17, 15) is 0 Å². The highest BCUT2D eigenvalue weighted by Crippen LogP contribution is 2.27. The molecule has 0 spiro atoms. The Bertz CT molecular complexity index is 373. The van der Waals surface area contributed by atoms with Gasteiger partial charge >= 0.3 is 0 Å². The van der Waals surface area contributed by atoms with Crippen molar-refractivity contribution in [2.24, 2.45) is 11.7 Å². The van der Waals surface area contributed by atoms with E-state index in [0.29, 0.717) is 17.9 Å². The highest BCUT2D eigenvalue weighted by Gasteiger charge is 2.23. The van der Waals surface area contributed by atoms with Crippen LogP contribution in [0, 0.1) is 5.92 Å². The third kappa shape index (κ3) is 3.26. The lowest BCUT2D eigenvalue weighted by Gasteiger charge is -2.32. The van der Waals surface area contributed by atoms with Crippen molar-refractivity contribution in [2.75, 3.05) is 11.9 Å². The van der Waals surface area contributed by atoms with Crippen molar-refractivity contribution in [1.29, 1.82) is 0 Å². The molecule has 0 saturated heterocycles. The minimum atomic E-state index is 0.561. The maximum Gasteiger partial charge on any atom is 0.0345 e. The molecule has 1 fully saturated rings. The predicted octanol–water partition coefficient (Wildman–Crippen LogP) is 3.74. The van der Waals surface area contributed by atoms with Crippen molar-refractivity contribution in [2.45, 2.75) is 51.5 Å². The number of nitrogens with two attached hydrogens (primary N) is 1. The zero-order valence-electron chi connectivity index (χ0n) is 11.7. The summed E-state index contributed by atoms with van der Waals surface area (Å²) in [6, 6.07) is 9.38. The first kappa shape index (κ1) is 13.4. The van der Waals surface area contributed by atoms with Gasteiger partial charge in [-0.3, -0.25) is 0 Å². The summed E-state index contributed by atoms with van der Waals surface area (Å²) < 4.78 is 0. The van der Waals surface area contributed by atoms with Crippen LogP contribution in [0.15, 0.2) is 24.3 Å². The molecule has 3 N–H and O–H groups in total. The molecule has 0 radical (unpaired) electrons. The maximum absolute atomic E-state index is 5.89. The summed E-state index contributed by atoms with van der Waals surface area (Å²) in [7, 11) is 0. The first-order valence-corrected chi connectivity index (χ1v) is 7.27. The molecule has 0 amide bonds. The van der Waals surface area contributed by atoms with Crippen molar-refractivity contribution >= 4 is 5.69 Å². The standard InChI is InChI=1S/C16H26N2/c1-12(2)13-7-5-8-15(10-13)18-16-9-4-3-6-14(16)11-17/h5,7-8,10,12,14,16,18H,3-4,6,9,11,17H2,1-2H3. The topological polar surface area (TPSA) is 38.0 Å². The van der Waals surface area contributed by atoms with Gasteiger partial charge in [0.1, 0.15) is 0 Å². The highest BCUT2D eigenvalue weighted by atomic mass is 14.9. The number of nitrogens with one attached hydrogen (secondary N) is 1. The summed E-state index contributed by atoms with van der Waals surface area (Å²) in [5, 5.41) is 3.70. The van der Waals surface area contributed by atoms with Crippen LogP contribution in [-0.2, 0) is 0 Å². The van der Waals surface area contributed by atoms with Gasteiger partial charge in [0.05, 0.1) is 0 Å². The van der Waals surface area contributed by atoms with E-state index in [-0.39, 0.29) is 0 Å². The molecule has 1 saturated carbocycles. The van der Waals surface area contributed by atoms with Gasteiger partial charge in [0.15, 0.2) is 0 Å². The second-order valence-electron chi connectivity index (χ2n) is 5.81. The van der Waals surface area contributed by atoms with E-state index in [2.05, 4.69) is 43.4 Å². The van der Waals surface area contributed by atoms with Crippen LogP contribution in [0.2, 0.25) is 0 Å². The smallest absolute Gasteiger partial charge is 0.0345 e. The quantitative estimate of drug-likeness (QED) is 0.849. The molecule has 100 valence electrons. The molecule has 1 aliphatic carbocycles. The maximum atomic E-state index is 5.89. The van der Waals surface area contributed by atoms with Gasteiger partial charge in [0.2, 0.25) is 0 Å². The molecule has 1 aromatic rings. The Morgan fingerprint density at radius 3 is 2.78 bits per heavy atom. The van der Waals surface area contributed by atoms with Crippen LogP contribution in [0.4, 0.5) is 5.69 Å². The average Bonchev–Trinajstić information content (AvgIpc) is 2.39. The molecule has 0 heterocycles. The normalized spacial score (nSPS) is 24.2. The van der Waals surface area contributed by atoms with Crippen LogP contribution in [0.3, 0.4) is 0 Å². The van der Waals surface area contributed by atoms with E-state index in [4.69, 9.17) is 5.73 Å². The molecule has 0 bridgehead atoms. The molecular weight excluding hydrogens is 220 g/mol. The second-order valence-corrected chi connectivity index (χ2v) is 5.81. The Balaban J connectivity index is 2.05. The minimum absolute atomic E-state index is 0.561. The van der Waals surface area contributed by atoms with E-state index in [1.165, 1.54) is 36.9 Å². The fourth-order valence-corrected chi connectivity index (χ4v) is 2.88. The molecule has 1 aliphatic rings. The van der Waals surface area contributed by atoms with Crippen LogP contribution >= 0.6 is 0 Å². The Morgan fingerprint density at radius 1 is 1.28 bits per heavy atom. The Kier molecular flexibility index (Phi) is 4.65. The Hall–Kier alpha value is -1.02. The van der Waals surface area contributed by atoms with E-state index < -0.39 is 0 Å². The molecule has 2 nitrogen and oxygen atoms in total. The fourth-order valence-electron chi connectivity index (χ4n) is 2.88. The molecule has 0 aliphatic heterocycles. The van der Waals surface area contributed by atoms with Gasteiger partial charge < -0.3 is 11.1 Å². The van der Waals surface area contributed by atoms with Gasteiger partial charge in [-0.2, -0.15) is 0 Å². The zero-order chi connectivity index (χ0) is 13.0. The van der Waals surface area contributed by atoms with Gasteiger partial charge in [0.25, 0.3) is 0 Å². The molecular formula is C16H26N2. The summed E-state index contributed by atoms with van der Waals surface area (Å²) >= 11 is 0. The van der Waals surface area contributed by atoms with Crippen molar-refractivity contribution in [3.05, 3.63) is 29.8 Å². The van der Waals surface area contributed by atoms with Gasteiger partial charge in [-0.15, -0.1) is 0 Å². The highest BCUT2D eigenvalue weighted by molar-refractivity contribution is 5.47. The molecule has 2 unspecified atom stereocenters. The summed E-state index contributed by atoms with van der Waals surface area (Å²) in [6.07, 6.45) is 5.20. The number of rotatable bonds is 4. The van der Waals surface area contributed by atoms with E-state index in [0.717, 1.165) is 6.54 Å². The second kappa shape index (κ2) is 6.24. The fraction of sp³-hybridized carbons (Fsp3) is 0.625. The number of anilines is 1. The molecule has 1 aromatic carbocycles. The zero-order valence-corrected chi connectivity index (χ0v) is 11.7. The van der Waals surface area contributed by atoms with E-state index in [1.807, 2.05) is 0 Å². The predicted molar refractivity (Wildman–Crippen MR) is 79.0 cm³/mol. The van der Waals surface area contributed by atoms with Gasteiger partial charge in [-0.1, -0.05) is 38.8 Å². The summed E-state index contributed by atoms with van der Waals surface area (Å²) in [5.74, 6) is 1.23. The average molecular weight is 246 g/mol. The SMILES string of the molecule is CC(C)c1cccc(NC2CCCCC2CN)c1. The van der Waals surface area contributed by atoms with E-state index >= 15 is 0 Å². The summed E-state index contributed by atoms with van der Waals surface area (Å²) in [5.41, 5.74) is 8.54. The third-order valence-corrected chi connectivity index (χ3v) is 4.12. The summed E-state index contributed by atoms with van der Waals surface area (Å²) in [6.45, 7) is 5.28. The molecule has 2 atom stereocenters. The van der Waals surface area contributed by atoms with Crippen LogP contribution in [0.25, 0.3) is 0 Å². The first-order chi connectivity index (χ1) is 8.70. The van der Waals surface area contributed by atoms with Crippen molar-refractivity contribution in [3.8, 4) is 0 Å².